The van der Waals surface area contributed by atoms with Crippen molar-refractivity contribution in [2.75, 3.05) is 11.6 Å². The van der Waals surface area contributed by atoms with Crippen LogP contribution in [0.5, 0.6) is 0 Å². The third kappa shape index (κ3) is 4.62. The van der Waals surface area contributed by atoms with Crippen LogP contribution >= 0.6 is 11.8 Å². The summed E-state index contributed by atoms with van der Waals surface area (Å²) in [7, 11) is 0. The molecule has 0 spiro atoms. The first-order valence-corrected chi connectivity index (χ1v) is 9.52. The molecule has 0 aliphatic carbocycles. The number of thioether (sulfide) groups is 1. The fourth-order valence-corrected chi connectivity index (χ4v) is 2.91. The van der Waals surface area contributed by atoms with Gasteiger partial charge in [-0.3, -0.25) is 9.59 Å². The van der Waals surface area contributed by atoms with E-state index in [2.05, 4.69) is 15.3 Å². The van der Waals surface area contributed by atoms with Gasteiger partial charge in [-0.1, -0.05) is 54.2 Å². The Kier molecular flexibility index (Phi) is 5.97. The van der Waals surface area contributed by atoms with E-state index in [0.29, 0.717) is 5.56 Å². The molecule has 1 N–H and O–H groups in total. The van der Waals surface area contributed by atoms with Crippen molar-refractivity contribution < 1.29 is 22.8 Å². The highest BCUT2D eigenvalue weighted by Crippen LogP contribution is 2.32. The van der Waals surface area contributed by atoms with Gasteiger partial charge in [-0.15, -0.1) is 0 Å². The molecule has 0 aliphatic rings. The summed E-state index contributed by atoms with van der Waals surface area (Å²) in [6.45, 7) is 0. The molecule has 0 radical (unpaired) electrons. The van der Waals surface area contributed by atoms with Gasteiger partial charge in [-0.05, 0) is 18.4 Å². The van der Waals surface area contributed by atoms with Crippen molar-refractivity contribution in [1.82, 2.24) is 9.97 Å². The zero-order chi connectivity index (χ0) is 21.0. The van der Waals surface area contributed by atoms with Crippen molar-refractivity contribution in [2.24, 2.45) is 0 Å². The Morgan fingerprint density at radius 2 is 1.62 bits per heavy atom. The van der Waals surface area contributed by atoms with E-state index in [4.69, 9.17) is 0 Å². The molecule has 0 fully saturated rings. The number of benzene rings is 2. The van der Waals surface area contributed by atoms with Gasteiger partial charge >= 0.3 is 6.18 Å². The molecule has 0 saturated carbocycles. The minimum atomic E-state index is -4.83. The lowest BCUT2D eigenvalue weighted by molar-refractivity contribution is -0.142. The minimum Gasteiger partial charge on any atom is -0.321 e. The van der Waals surface area contributed by atoms with Crippen molar-refractivity contribution in [3.05, 3.63) is 83.2 Å². The Labute approximate surface area is 168 Å². The molecule has 0 bridgehead atoms. The number of alkyl halides is 3. The zero-order valence-corrected chi connectivity index (χ0v) is 15.8. The van der Waals surface area contributed by atoms with Crippen LogP contribution in [0.25, 0.3) is 0 Å². The molecule has 1 aromatic heterocycles. The van der Waals surface area contributed by atoms with E-state index >= 15 is 0 Å². The number of anilines is 1. The van der Waals surface area contributed by atoms with Gasteiger partial charge < -0.3 is 5.32 Å². The molecule has 3 aromatic rings. The number of halogens is 3. The van der Waals surface area contributed by atoms with Crippen LogP contribution in [0.3, 0.4) is 0 Å². The lowest BCUT2D eigenvalue weighted by Gasteiger charge is -2.14. The van der Waals surface area contributed by atoms with Crippen molar-refractivity contribution >= 4 is 29.1 Å². The molecule has 148 valence electrons. The number of rotatable bonds is 5. The number of hydrogen-bond donors (Lipinski definition) is 1. The Morgan fingerprint density at radius 3 is 2.28 bits per heavy atom. The summed E-state index contributed by atoms with van der Waals surface area (Å²) in [5, 5.41) is 2.28. The maximum Gasteiger partial charge on any atom is 0.434 e. The standard InChI is InChI=1S/C20H14F3N3O2S/c1-29-19-24-11-14(17(26-19)20(21,22)23)18(28)25-15-10-6-5-9-13(15)16(27)12-7-3-2-4-8-12/h2-11H,1H3,(H,25,28). The molecule has 1 amide bonds. The number of nitrogens with zero attached hydrogens (tertiary/aromatic N) is 2. The molecule has 0 unspecified atom stereocenters. The highest BCUT2D eigenvalue weighted by molar-refractivity contribution is 7.98. The topological polar surface area (TPSA) is 72.0 Å². The number of hydrogen-bond acceptors (Lipinski definition) is 5. The first kappa shape index (κ1) is 20.5. The number of aromatic nitrogens is 2. The fourth-order valence-electron chi connectivity index (χ4n) is 2.57. The molecule has 3 rings (SSSR count). The number of carbonyl (C=O) groups excluding carboxylic acids is 2. The molecule has 9 heteroatoms. The maximum atomic E-state index is 13.4. The molecule has 1 heterocycles. The van der Waals surface area contributed by atoms with E-state index in [0.717, 1.165) is 18.0 Å². The first-order chi connectivity index (χ1) is 13.8. The van der Waals surface area contributed by atoms with E-state index in [1.54, 1.807) is 42.5 Å². The number of ketones is 1. The van der Waals surface area contributed by atoms with Crippen LogP contribution in [0.15, 0.2) is 66.0 Å². The van der Waals surface area contributed by atoms with Gasteiger partial charge in [0.05, 0.1) is 11.3 Å². The number of amides is 1. The summed E-state index contributed by atoms with van der Waals surface area (Å²) in [6.07, 6.45) is -2.47. The van der Waals surface area contributed by atoms with E-state index in [1.165, 1.54) is 18.4 Å². The van der Waals surface area contributed by atoms with Crippen LogP contribution in [-0.2, 0) is 6.18 Å². The van der Waals surface area contributed by atoms with Gasteiger partial charge in [0.2, 0.25) is 0 Å². The molecular formula is C20H14F3N3O2S. The third-order valence-electron chi connectivity index (χ3n) is 3.92. The Balaban J connectivity index is 1.96. The van der Waals surface area contributed by atoms with Crippen LogP contribution in [0.2, 0.25) is 0 Å². The van der Waals surface area contributed by atoms with Crippen LogP contribution in [0.1, 0.15) is 32.0 Å². The monoisotopic (exact) mass is 417 g/mol. The van der Waals surface area contributed by atoms with E-state index in [1.807, 2.05) is 0 Å². The Hall–Kier alpha value is -3.20. The van der Waals surface area contributed by atoms with Gasteiger partial charge in [0.25, 0.3) is 5.91 Å². The summed E-state index contributed by atoms with van der Waals surface area (Å²) in [6, 6.07) is 14.4. The lowest BCUT2D eigenvalue weighted by atomic mass is 10.0. The van der Waals surface area contributed by atoms with Crippen molar-refractivity contribution in [1.29, 1.82) is 0 Å². The van der Waals surface area contributed by atoms with Crippen LogP contribution in [-0.4, -0.2) is 27.9 Å². The van der Waals surface area contributed by atoms with Crippen LogP contribution < -0.4 is 5.32 Å². The quantitative estimate of drug-likeness (QED) is 0.370. The van der Waals surface area contributed by atoms with E-state index in [-0.39, 0.29) is 22.2 Å². The van der Waals surface area contributed by atoms with Gasteiger partial charge in [-0.25, -0.2) is 9.97 Å². The molecule has 0 aliphatic heterocycles. The normalized spacial score (nSPS) is 11.2. The second kappa shape index (κ2) is 8.44. The predicted molar refractivity (Wildman–Crippen MR) is 103 cm³/mol. The molecule has 0 atom stereocenters. The molecule has 2 aromatic carbocycles. The van der Waals surface area contributed by atoms with Gasteiger partial charge in [0.15, 0.2) is 16.6 Å². The highest BCUT2D eigenvalue weighted by Gasteiger charge is 2.38. The van der Waals surface area contributed by atoms with Crippen molar-refractivity contribution in [2.45, 2.75) is 11.3 Å². The number of nitrogens with one attached hydrogen (secondary N) is 1. The van der Waals surface area contributed by atoms with Gasteiger partial charge in [0.1, 0.15) is 0 Å². The average Bonchev–Trinajstić information content (AvgIpc) is 2.73. The van der Waals surface area contributed by atoms with E-state index in [9.17, 15) is 22.8 Å². The molecule has 5 nitrogen and oxygen atoms in total. The molecular weight excluding hydrogens is 403 g/mol. The van der Waals surface area contributed by atoms with Crippen LogP contribution in [0, 0.1) is 0 Å². The zero-order valence-electron chi connectivity index (χ0n) is 15.0. The van der Waals surface area contributed by atoms with Crippen molar-refractivity contribution in [3.8, 4) is 0 Å². The number of carbonyl (C=O) groups is 2. The van der Waals surface area contributed by atoms with E-state index < -0.39 is 23.3 Å². The number of para-hydroxylation sites is 1. The second-order valence-electron chi connectivity index (χ2n) is 5.81. The highest BCUT2D eigenvalue weighted by atomic mass is 32.2. The van der Waals surface area contributed by atoms with Crippen molar-refractivity contribution in [3.63, 3.8) is 0 Å². The lowest BCUT2D eigenvalue weighted by Crippen LogP contribution is -2.22. The average molecular weight is 417 g/mol. The van der Waals surface area contributed by atoms with Crippen LogP contribution in [0.4, 0.5) is 18.9 Å². The molecule has 29 heavy (non-hydrogen) atoms. The van der Waals surface area contributed by atoms with Gasteiger partial charge in [0, 0.05) is 17.3 Å². The molecule has 0 saturated heterocycles. The fraction of sp³-hybridized carbons (Fsp3) is 0.100. The SMILES string of the molecule is CSc1ncc(C(=O)Nc2ccccc2C(=O)c2ccccc2)c(C(F)(F)F)n1. The minimum absolute atomic E-state index is 0.0911. The summed E-state index contributed by atoms with van der Waals surface area (Å²) in [5.74, 6) is -1.43. The summed E-state index contributed by atoms with van der Waals surface area (Å²) >= 11 is 0.929. The Bertz CT molecular complexity index is 1060. The predicted octanol–water partition coefficient (Wildman–Crippen LogP) is 4.70. The Morgan fingerprint density at radius 1 is 0.966 bits per heavy atom. The third-order valence-corrected chi connectivity index (χ3v) is 4.48. The maximum absolute atomic E-state index is 13.4. The smallest absolute Gasteiger partial charge is 0.321 e. The summed E-state index contributed by atoms with van der Waals surface area (Å²) in [4.78, 5) is 32.5. The summed E-state index contributed by atoms with van der Waals surface area (Å²) in [5.41, 5.74) is -1.42. The second-order valence-corrected chi connectivity index (χ2v) is 6.58. The first-order valence-electron chi connectivity index (χ1n) is 8.29. The summed E-state index contributed by atoms with van der Waals surface area (Å²) < 4.78 is 40.1. The van der Waals surface area contributed by atoms with Gasteiger partial charge in [-0.2, -0.15) is 13.2 Å². The largest absolute Gasteiger partial charge is 0.434 e.